The fourth-order valence-corrected chi connectivity index (χ4v) is 2.19. The quantitative estimate of drug-likeness (QED) is 0.768. The zero-order valence-corrected chi connectivity index (χ0v) is 10.4. The maximum atomic E-state index is 4.51. The summed E-state index contributed by atoms with van der Waals surface area (Å²) in [7, 11) is 0. The molecule has 0 saturated carbocycles. The van der Waals surface area contributed by atoms with Crippen LogP contribution < -0.4 is 10.6 Å². The van der Waals surface area contributed by atoms with Crippen LogP contribution in [-0.4, -0.2) is 29.1 Å². The first kappa shape index (κ1) is 12.2. The third kappa shape index (κ3) is 2.70. The van der Waals surface area contributed by atoms with Gasteiger partial charge in [0.2, 0.25) is 5.95 Å². The molecule has 1 fully saturated rings. The summed E-state index contributed by atoms with van der Waals surface area (Å²) in [6, 6.07) is 8.60. The van der Waals surface area contributed by atoms with E-state index in [1.807, 2.05) is 24.3 Å². The first-order chi connectivity index (χ1) is 7.92. The van der Waals surface area contributed by atoms with Crippen molar-refractivity contribution in [3.8, 4) is 0 Å². The molecule has 0 aliphatic carbocycles. The third-order valence-electron chi connectivity index (χ3n) is 3.03. The van der Waals surface area contributed by atoms with Gasteiger partial charge in [-0.15, -0.1) is 12.4 Å². The second-order valence-electron chi connectivity index (χ2n) is 4.29. The number of nitrogens with one attached hydrogen (secondary N) is 3. The lowest BCUT2D eigenvalue weighted by molar-refractivity contribution is 0.478. The third-order valence-corrected chi connectivity index (χ3v) is 3.03. The van der Waals surface area contributed by atoms with Gasteiger partial charge in [-0.05, 0) is 31.5 Å². The van der Waals surface area contributed by atoms with Crippen molar-refractivity contribution in [1.82, 2.24) is 15.3 Å². The Morgan fingerprint density at radius 1 is 1.29 bits per heavy atom. The van der Waals surface area contributed by atoms with Crippen LogP contribution >= 0.6 is 12.4 Å². The number of anilines is 1. The molecule has 3 rings (SSSR count). The van der Waals surface area contributed by atoms with Gasteiger partial charge in [0.05, 0.1) is 11.0 Å². The van der Waals surface area contributed by atoms with Gasteiger partial charge in [0, 0.05) is 12.6 Å². The van der Waals surface area contributed by atoms with E-state index in [9.17, 15) is 0 Å². The number of imidazole rings is 1. The Morgan fingerprint density at radius 3 is 2.94 bits per heavy atom. The number of piperidine rings is 1. The van der Waals surface area contributed by atoms with E-state index in [1.54, 1.807) is 0 Å². The summed E-state index contributed by atoms with van der Waals surface area (Å²) in [5.74, 6) is 0.884. The van der Waals surface area contributed by atoms with E-state index < -0.39 is 0 Å². The largest absolute Gasteiger partial charge is 0.352 e. The molecule has 5 heteroatoms. The molecule has 2 aromatic rings. The average molecular weight is 253 g/mol. The summed E-state index contributed by atoms with van der Waals surface area (Å²) in [6.07, 6.45) is 2.45. The predicted octanol–water partition coefficient (Wildman–Crippen LogP) is 2.15. The van der Waals surface area contributed by atoms with Crippen LogP contribution in [0.25, 0.3) is 11.0 Å². The molecule has 1 aromatic carbocycles. The summed E-state index contributed by atoms with van der Waals surface area (Å²) in [4.78, 5) is 7.81. The second-order valence-corrected chi connectivity index (χ2v) is 4.29. The summed E-state index contributed by atoms with van der Waals surface area (Å²) in [5, 5.41) is 6.83. The number of para-hydroxylation sites is 2. The first-order valence-corrected chi connectivity index (χ1v) is 5.84. The van der Waals surface area contributed by atoms with Crippen molar-refractivity contribution in [2.24, 2.45) is 0 Å². The number of aromatic nitrogens is 2. The van der Waals surface area contributed by atoms with Crippen LogP contribution in [0.15, 0.2) is 24.3 Å². The SMILES string of the molecule is Cl.c1ccc2[nH]c(N[C@@H]3CCCNC3)nc2c1. The molecule has 1 saturated heterocycles. The number of hydrogen-bond donors (Lipinski definition) is 3. The summed E-state index contributed by atoms with van der Waals surface area (Å²) >= 11 is 0. The number of H-pyrrole nitrogens is 1. The van der Waals surface area contributed by atoms with Crippen molar-refractivity contribution in [2.45, 2.75) is 18.9 Å². The van der Waals surface area contributed by atoms with Crippen LogP contribution in [0.5, 0.6) is 0 Å². The highest BCUT2D eigenvalue weighted by Crippen LogP contribution is 2.15. The van der Waals surface area contributed by atoms with Crippen molar-refractivity contribution in [3.63, 3.8) is 0 Å². The summed E-state index contributed by atoms with van der Waals surface area (Å²) < 4.78 is 0. The summed E-state index contributed by atoms with van der Waals surface area (Å²) in [5.41, 5.74) is 2.11. The van der Waals surface area contributed by atoms with Gasteiger partial charge in [-0.3, -0.25) is 0 Å². The van der Waals surface area contributed by atoms with E-state index in [2.05, 4.69) is 20.6 Å². The molecule has 3 N–H and O–H groups in total. The minimum atomic E-state index is 0. The van der Waals surface area contributed by atoms with E-state index in [1.165, 1.54) is 12.8 Å². The molecule has 92 valence electrons. The van der Waals surface area contributed by atoms with Gasteiger partial charge < -0.3 is 15.6 Å². The molecule has 1 aromatic heterocycles. The molecule has 1 atom stereocenters. The molecule has 17 heavy (non-hydrogen) atoms. The number of nitrogens with zero attached hydrogens (tertiary/aromatic N) is 1. The Balaban J connectivity index is 0.00000108. The minimum absolute atomic E-state index is 0. The van der Waals surface area contributed by atoms with Crippen LogP contribution in [0.1, 0.15) is 12.8 Å². The van der Waals surface area contributed by atoms with Crippen molar-refractivity contribution < 1.29 is 0 Å². The standard InChI is InChI=1S/C12H16N4.ClH/c1-2-6-11-10(5-1)15-12(16-11)14-9-4-3-7-13-8-9;/h1-2,5-6,9,13H,3-4,7-8H2,(H2,14,15,16);1H/t9-;/m1./s1. The molecule has 1 aliphatic rings. The molecule has 4 nitrogen and oxygen atoms in total. The Bertz CT molecular complexity index is 443. The molecule has 0 spiro atoms. The normalized spacial score (nSPS) is 19.9. The smallest absolute Gasteiger partial charge is 0.201 e. The lowest BCUT2D eigenvalue weighted by atomic mass is 10.1. The van der Waals surface area contributed by atoms with Crippen LogP contribution in [0.2, 0.25) is 0 Å². The Hall–Kier alpha value is -1.26. The highest BCUT2D eigenvalue weighted by atomic mass is 35.5. The number of benzene rings is 1. The fourth-order valence-electron chi connectivity index (χ4n) is 2.19. The maximum Gasteiger partial charge on any atom is 0.201 e. The average Bonchev–Trinajstić information content (AvgIpc) is 2.72. The van der Waals surface area contributed by atoms with Gasteiger partial charge >= 0.3 is 0 Å². The van der Waals surface area contributed by atoms with Crippen LogP contribution in [0.3, 0.4) is 0 Å². The molecule has 0 bridgehead atoms. The topological polar surface area (TPSA) is 52.7 Å². The Labute approximate surface area is 107 Å². The van der Waals surface area contributed by atoms with E-state index in [0.29, 0.717) is 6.04 Å². The maximum absolute atomic E-state index is 4.51. The number of fused-ring (bicyclic) bond motifs is 1. The van der Waals surface area contributed by atoms with Crippen LogP contribution in [-0.2, 0) is 0 Å². The zero-order chi connectivity index (χ0) is 10.8. The predicted molar refractivity (Wildman–Crippen MR) is 72.9 cm³/mol. The van der Waals surface area contributed by atoms with E-state index in [4.69, 9.17) is 0 Å². The number of halogens is 1. The van der Waals surface area contributed by atoms with Gasteiger partial charge in [-0.25, -0.2) is 4.98 Å². The molecule has 0 radical (unpaired) electrons. The van der Waals surface area contributed by atoms with Crippen molar-refractivity contribution in [2.75, 3.05) is 18.4 Å². The van der Waals surface area contributed by atoms with Gasteiger partial charge in [0.1, 0.15) is 0 Å². The van der Waals surface area contributed by atoms with E-state index >= 15 is 0 Å². The molecular weight excluding hydrogens is 236 g/mol. The number of hydrogen-bond acceptors (Lipinski definition) is 3. The monoisotopic (exact) mass is 252 g/mol. The minimum Gasteiger partial charge on any atom is -0.352 e. The zero-order valence-electron chi connectivity index (χ0n) is 9.57. The molecule has 0 unspecified atom stereocenters. The van der Waals surface area contributed by atoms with Gasteiger partial charge in [-0.2, -0.15) is 0 Å². The molecule has 0 amide bonds. The van der Waals surface area contributed by atoms with Gasteiger partial charge in [-0.1, -0.05) is 12.1 Å². The van der Waals surface area contributed by atoms with Crippen LogP contribution in [0.4, 0.5) is 5.95 Å². The number of aromatic amines is 1. The highest BCUT2D eigenvalue weighted by molar-refractivity contribution is 5.85. The highest BCUT2D eigenvalue weighted by Gasteiger charge is 2.13. The van der Waals surface area contributed by atoms with Crippen molar-refractivity contribution in [1.29, 1.82) is 0 Å². The van der Waals surface area contributed by atoms with Crippen LogP contribution in [0, 0.1) is 0 Å². The Morgan fingerprint density at radius 2 is 2.18 bits per heavy atom. The number of rotatable bonds is 2. The fraction of sp³-hybridized carbons (Fsp3) is 0.417. The van der Waals surface area contributed by atoms with Crippen molar-refractivity contribution in [3.05, 3.63) is 24.3 Å². The molecule has 1 aliphatic heterocycles. The van der Waals surface area contributed by atoms with E-state index in [-0.39, 0.29) is 12.4 Å². The summed E-state index contributed by atoms with van der Waals surface area (Å²) in [6.45, 7) is 2.16. The molecular formula is C12H17ClN4. The first-order valence-electron chi connectivity index (χ1n) is 5.84. The second kappa shape index (κ2) is 5.38. The van der Waals surface area contributed by atoms with Gasteiger partial charge in [0.15, 0.2) is 0 Å². The Kier molecular flexibility index (Phi) is 3.86. The lowest BCUT2D eigenvalue weighted by Crippen LogP contribution is -2.38. The van der Waals surface area contributed by atoms with Crippen molar-refractivity contribution >= 4 is 29.4 Å². The lowest BCUT2D eigenvalue weighted by Gasteiger charge is -2.23. The molecule has 2 heterocycles. The van der Waals surface area contributed by atoms with Gasteiger partial charge in [0.25, 0.3) is 0 Å². The van der Waals surface area contributed by atoms with E-state index in [0.717, 1.165) is 30.1 Å².